The standard InChI is InChI=1S/C11H28N2O2Si/c1-6-9-10-12-16(14-7-2,15-8-3)13-11(4)5/h11-13H,6-10H2,1-5H3. The van der Waals surface area contributed by atoms with Crippen LogP contribution in [0.5, 0.6) is 0 Å². The third kappa shape index (κ3) is 6.60. The van der Waals surface area contributed by atoms with E-state index >= 15 is 0 Å². The first-order valence-corrected chi connectivity index (χ1v) is 8.22. The van der Waals surface area contributed by atoms with Crippen molar-refractivity contribution in [2.75, 3.05) is 19.8 Å². The highest BCUT2D eigenvalue weighted by molar-refractivity contribution is 6.62. The Balaban J connectivity index is 4.37. The molecule has 0 aromatic carbocycles. The van der Waals surface area contributed by atoms with E-state index in [-0.39, 0.29) is 0 Å². The summed E-state index contributed by atoms with van der Waals surface area (Å²) < 4.78 is 11.6. The molecule has 0 heterocycles. The summed E-state index contributed by atoms with van der Waals surface area (Å²) in [5.74, 6) is 0. The molecule has 0 saturated heterocycles. The van der Waals surface area contributed by atoms with Crippen molar-refractivity contribution in [2.45, 2.75) is 53.5 Å². The topological polar surface area (TPSA) is 42.5 Å². The summed E-state index contributed by atoms with van der Waals surface area (Å²) in [6.07, 6.45) is 2.33. The Morgan fingerprint density at radius 1 is 1.06 bits per heavy atom. The van der Waals surface area contributed by atoms with E-state index in [9.17, 15) is 0 Å². The van der Waals surface area contributed by atoms with Gasteiger partial charge in [0.15, 0.2) is 0 Å². The fourth-order valence-corrected chi connectivity index (χ4v) is 4.13. The monoisotopic (exact) mass is 248 g/mol. The lowest BCUT2D eigenvalue weighted by Gasteiger charge is -2.32. The van der Waals surface area contributed by atoms with Crippen LogP contribution in [0.3, 0.4) is 0 Å². The van der Waals surface area contributed by atoms with Crippen LogP contribution < -0.4 is 9.96 Å². The maximum Gasteiger partial charge on any atom is 0.517 e. The molecule has 0 fully saturated rings. The smallest absolute Gasteiger partial charge is 0.371 e. The third-order valence-electron chi connectivity index (χ3n) is 2.06. The largest absolute Gasteiger partial charge is 0.517 e. The Labute approximate surface area is 102 Å². The summed E-state index contributed by atoms with van der Waals surface area (Å²) in [5.41, 5.74) is 0. The van der Waals surface area contributed by atoms with Crippen LogP contribution in [-0.4, -0.2) is 34.7 Å². The Kier molecular flexibility index (Phi) is 9.16. The van der Waals surface area contributed by atoms with Crippen molar-refractivity contribution < 1.29 is 8.85 Å². The van der Waals surface area contributed by atoms with Crippen LogP contribution >= 0.6 is 0 Å². The van der Waals surface area contributed by atoms with Gasteiger partial charge in [-0.25, -0.2) is 0 Å². The minimum absolute atomic E-state index is 0.360. The summed E-state index contributed by atoms with van der Waals surface area (Å²) in [7, 11) is -2.40. The second-order valence-corrected chi connectivity index (χ2v) is 6.51. The third-order valence-corrected chi connectivity index (χ3v) is 5.13. The Morgan fingerprint density at radius 3 is 2.00 bits per heavy atom. The Hall–Kier alpha value is 0.0569. The first kappa shape index (κ1) is 16.1. The van der Waals surface area contributed by atoms with E-state index in [0.29, 0.717) is 19.3 Å². The molecular weight excluding hydrogens is 220 g/mol. The van der Waals surface area contributed by atoms with Crippen molar-refractivity contribution in [2.24, 2.45) is 0 Å². The van der Waals surface area contributed by atoms with Crippen LogP contribution in [0.15, 0.2) is 0 Å². The maximum atomic E-state index is 5.82. The molecule has 0 atom stereocenters. The minimum Gasteiger partial charge on any atom is -0.371 e. The summed E-state index contributed by atoms with van der Waals surface area (Å²) in [4.78, 5) is 6.89. The fraction of sp³-hybridized carbons (Fsp3) is 1.00. The highest BCUT2D eigenvalue weighted by Crippen LogP contribution is 2.02. The van der Waals surface area contributed by atoms with Crippen molar-refractivity contribution in [1.29, 1.82) is 0 Å². The number of unbranched alkanes of at least 4 members (excludes halogenated alkanes) is 1. The molecule has 0 unspecified atom stereocenters. The molecule has 0 aromatic heterocycles. The van der Waals surface area contributed by atoms with E-state index in [2.05, 4.69) is 30.7 Å². The van der Waals surface area contributed by atoms with Crippen LogP contribution in [0.2, 0.25) is 0 Å². The molecule has 4 nitrogen and oxygen atoms in total. The van der Waals surface area contributed by atoms with Gasteiger partial charge in [0, 0.05) is 19.3 Å². The molecule has 98 valence electrons. The zero-order valence-electron chi connectivity index (χ0n) is 11.4. The molecule has 0 aliphatic carbocycles. The Bertz CT molecular complexity index is 162. The van der Waals surface area contributed by atoms with Gasteiger partial charge in [0.05, 0.1) is 0 Å². The van der Waals surface area contributed by atoms with Crippen LogP contribution in [0, 0.1) is 0 Å². The van der Waals surface area contributed by atoms with E-state index in [1.54, 1.807) is 0 Å². The second kappa shape index (κ2) is 9.12. The highest BCUT2D eigenvalue weighted by Gasteiger charge is 2.39. The zero-order valence-corrected chi connectivity index (χ0v) is 12.4. The van der Waals surface area contributed by atoms with Crippen molar-refractivity contribution in [3.05, 3.63) is 0 Å². The van der Waals surface area contributed by atoms with Gasteiger partial charge in [0.1, 0.15) is 0 Å². The highest BCUT2D eigenvalue weighted by atomic mass is 28.4. The zero-order chi connectivity index (χ0) is 12.4. The molecule has 0 amide bonds. The van der Waals surface area contributed by atoms with E-state index < -0.39 is 8.88 Å². The minimum atomic E-state index is -2.40. The average Bonchev–Trinajstić information content (AvgIpc) is 2.17. The van der Waals surface area contributed by atoms with Gasteiger partial charge in [0.2, 0.25) is 0 Å². The molecule has 0 aliphatic rings. The molecule has 16 heavy (non-hydrogen) atoms. The van der Waals surface area contributed by atoms with Gasteiger partial charge in [-0.3, -0.25) is 9.96 Å². The summed E-state index contributed by atoms with van der Waals surface area (Å²) in [6.45, 7) is 12.7. The average molecular weight is 248 g/mol. The van der Waals surface area contributed by atoms with E-state index in [0.717, 1.165) is 13.0 Å². The summed E-state index contributed by atoms with van der Waals surface area (Å²) in [5, 5.41) is 0. The number of rotatable bonds is 10. The van der Waals surface area contributed by atoms with Crippen LogP contribution in [0.4, 0.5) is 0 Å². The summed E-state index contributed by atoms with van der Waals surface area (Å²) >= 11 is 0. The molecule has 0 rings (SSSR count). The predicted octanol–water partition coefficient (Wildman–Crippen LogP) is 1.88. The lowest BCUT2D eigenvalue weighted by Crippen LogP contribution is -2.69. The van der Waals surface area contributed by atoms with Gasteiger partial charge in [-0.1, -0.05) is 27.2 Å². The number of hydrogen-bond acceptors (Lipinski definition) is 4. The second-order valence-electron chi connectivity index (χ2n) is 4.06. The Morgan fingerprint density at radius 2 is 1.62 bits per heavy atom. The lowest BCUT2D eigenvalue weighted by molar-refractivity contribution is 0.156. The van der Waals surface area contributed by atoms with Gasteiger partial charge in [-0.15, -0.1) is 0 Å². The SMILES string of the molecule is CCCCN[Si](NC(C)C)(OCC)OCC. The molecule has 0 aromatic rings. The van der Waals surface area contributed by atoms with Gasteiger partial charge < -0.3 is 8.85 Å². The maximum absolute atomic E-state index is 5.82. The molecule has 0 aliphatic heterocycles. The van der Waals surface area contributed by atoms with E-state index in [1.807, 2.05) is 13.8 Å². The van der Waals surface area contributed by atoms with Crippen LogP contribution in [0.25, 0.3) is 0 Å². The molecule has 2 N–H and O–H groups in total. The van der Waals surface area contributed by atoms with E-state index in [1.165, 1.54) is 6.42 Å². The van der Waals surface area contributed by atoms with Crippen molar-refractivity contribution >= 4 is 8.88 Å². The van der Waals surface area contributed by atoms with Gasteiger partial charge in [0.25, 0.3) is 0 Å². The fourth-order valence-electron chi connectivity index (χ4n) is 1.49. The van der Waals surface area contributed by atoms with Crippen molar-refractivity contribution in [3.8, 4) is 0 Å². The van der Waals surface area contributed by atoms with Gasteiger partial charge in [-0.2, -0.15) is 0 Å². The molecule has 0 radical (unpaired) electrons. The molecule has 5 heteroatoms. The van der Waals surface area contributed by atoms with Gasteiger partial charge >= 0.3 is 8.88 Å². The summed E-state index contributed by atoms with van der Waals surface area (Å²) in [6, 6.07) is 0.360. The first-order valence-electron chi connectivity index (χ1n) is 6.40. The predicted molar refractivity (Wildman–Crippen MR) is 70.2 cm³/mol. The van der Waals surface area contributed by atoms with Crippen LogP contribution in [0.1, 0.15) is 47.5 Å². The molecule has 0 saturated carbocycles. The quantitative estimate of drug-likeness (QED) is 0.458. The van der Waals surface area contributed by atoms with Gasteiger partial charge in [-0.05, 0) is 26.8 Å². The van der Waals surface area contributed by atoms with E-state index in [4.69, 9.17) is 8.85 Å². The number of nitrogens with one attached hydrogen (secondary N) is 2. The molecular formula is C11H28N2O2Si. The number of hydrogen-bond donors (Lipinski definition) is 2. The first-order chi connectivity index (χ1) is 7.60. The van der Waals surface area contributed by atoms with Crippen LogP contribution in [-0.2, 0) is 8.85 Å². The van der Waals surface area contributed by atoms with Crippen molar-refractivity contribution in [1.82, 2.24) is 9.96 Å². The molecule has 0 bridgehead atoms. The normalized spacial score (nSPS) is 12.4. The lowest BCUT2D eigenvalue weighted by atomic mass is 10.3. The van der Waals surface area contributed by atoms with Crippen molar-refractivity contribution in [3.63, 3.8) is 0 Å². The molecule has 0 spiro atoms.